The van der Waals surface area contributed by atoms with E-state index < -0.39 is 60.2 Å². The van der Waals surface area contributed by atoms with Gasteiger partial charge in [0, 0.05) is 24.1 Å². The number of carboxylic acid groups (broad SMARTS) is 2. The van der Waals surface area contributed by atoms with Crippen LogP contribution < -0.4 is 21.7 Å². The molecule has 0 fully saturated rings. The highest BCUT2D eigenvalue weighted by Gasteiger charge is 2.29. The molecule has 0 spiro atoms. The van der Waals surface area contributed by atoms with Gasteiger partial charge in [-0.15, -0.1) is 0 Å². The summed E-state index contributed by atoms with van der Waals surface area (Å²) < 4.78 is 0. The number of aromatic amines is 1. The van der Waals surface area contributed by atoms with E-state index in [9.17, 15) is 24.0 Å². The quantitative estimate of drug-likeness (QED) is 0.156. The number of H-pyrrole nitrogens is 1. The number of thiol groups is 1. The molecular weight excluding hydrogens is 420 g/mol. The predicted octanol–water partition coefficient (Wildman–Crippen LogP) is -2.76. The van der Waals surface area contributed by atoms with E-state index in [-0.39, 0.29) is 12.2 Å². The molecule has 0 saturated carbocycles. The molecule has 14 heteroatoms. The average Bonchev–Trinajstić information content (AvgIpc) is 3.18. The number of carbonyl (C=O) groups excluding carboxylic acids is 3. The zero-order chi connectivity index (χ0) is 22.8. The second-order valence-corrected chi connectivity index (χ2v) is 6.72. The van der Waals surface area contributed by atoms with Crippen molar-refractivity contribution in [2.45, 2.75) is 43.9 Å². The smallest absolute Gasteiger partial charge is 0.326 e. The minimum atomic E-state index is -1.66. The highest BCUT2D eigenvalue weighted by Crippen LogP contribution is 2.01. The highest BCUT2D eigenvalue weighted by molar-refractivity contribution is 7.80. The van der Waals surface area contributed by atoms with Gasteiger partial charge in [0.1, 0.15) is 18.1 Å². The number of imidazole rings is 1. The standard InChI is InChI=1S/C16H24N6O7S/c1-7(13(25)22-11(16(28)29)3-12(23)24)20-15(27)10(2-8-4-18-6-19-8)21-14(26)9(17)5-30/h4,6-7,9-11,30H,2-3,5,17H2,1H3,(H,18,19)(H,20,27)(H,21,26)(H,22,25)(H,23,24)(H,28,29). The molecule has 13 nitrogen and oxygen atoms in total. The van der Waals surface area contributed by atoms with Gasteiger partial charge in [0.2, 0.25) is 17.7 Å². The lowest BCUT2D eigenvalue weighted by Crippen LogP contribution is -2.57. The summed E-state index contributed by atoms with van der Waals surface area (Å²) in [5, 5.41) is 24.6. The molecule has 4 unspecified atom stereocenters. The number of hydrogen-bond donors (Lipinski definition) is 8. The van der Waals surface area contributed by atoms with E-state index in [4.69, 9.17) is 15.9 Å². The Labute approximate surface area is 176 Å². The van der Waals surface area contributed by atoms with Gasteiger partial charge in [-0.3, -0.25) is 19.2 Å². The molecule has 0 aromatic carbocycles. The first-order valence-corrected chi connectivity index (χ1v) is 9.37. The number of carbonyl (C=O) groups is 5. The summed E-state index contributed by atoms with van der Waals surface area (Å²) in [4.78, 5) is 65.3. The van der Waals surface area contributed by atoms with Crippen molar-refractivity contribution in [3.8, 4) is 0 Å². The van der Waals surface area contributed by atoms with Crippen LogP contribution in [-0.4, -0.2) is 79.8 Å². The van der Waals surface area contributed by atoms with Crippen molar-refractivity contribution in [2.24, 2.45) is 5.73 Å². The highest BCUT2D eigenvalue weighted by atomic mass is 32.1. The molecule has 1 heterocycles. The lowest BCUT2D eigenvalue weighted by molar-refractivity contribution is -0.147. The summed E-state index contributed by atoms with van der Waals surface area (Å²) in [5.74, 6) is -5.18. The maximum absolute atomic E-state index is 12.6. The number of carboxylic acids is 2. The van der Waals surface area contributed by atoms with Gasteiger partial charge >= 0.3 is 11.9 Å². The fourth-order valence-electron chi connectivity index (χ4n) is 2.24. The number of nitrogens with one attached hydrogen (secondary N) is 4. The number of nitrogens with zero attached hydrogens (tertiary/aromatic N) is 1. The number of amides is 3. The third-order valence-corrected chi connectivity index (χ3v) is 4.28. The molecule has 1 aromatic rings. The van der Waals surface area contributed by atoms with Crippen molar-refractivity contribution in [3.05, 3.63) is 18.2 Å². The van der Waals surface area contributed by atoms with Crippen LogP contribution in [0.25, 0.3) is 0 Å². The average molecular weight is 444 g/mol. The maximum Gasteiger partial charge on any atom is 0.326 e. The van der Waals surface area contributed by atoms with Gasteiger partial charge in [0.05, 0.1) is 18.8 Å². The Morgan fingerprint density at radius 1 is 1.10 bits per heavy atom. The molecule has 8 N–H and O–H groups in total. The monoisotopic (exact) mass is 444 g/mol. The number of aliphatic carboxylic acids is 2. The molecule has 1 rings (SSSR count). The summed E-state index contributed by atoms with van der Waals surface area (Å²) in [7, 11) is 0. The molecule has 4 atom stereocenters. The van der Waals surface area contributed by atoms with Crippen LogP contribution in [0.4, 0.5) is 0 Å². The van der Waals surface area contributed by atoms with Crippen molar-refractivity contribution in [2.75, 3.05) is 5.75 Å². The lowest BCUT2D eigenvalue weighted by Gasteiger charge is -2.22. The normalized spacial score (nSPS) is 14.6. The molecular formula is C16H24N6O7S. The molecule has 0 bridgehead atoms. The number of rotatable bonds is 12. The maximum atomic E-state index is 12.6. The molecule has 0 saturated heterocycles. The van der Waals surface area contributed by atoms with Gasteiger partial charge < -0.3 is 36.9 Å². The van der Waals surface area contributed by atoms with E-state index in [0.29, 0.717) is 5.69 Å². The van der Waals surface area contributed by atoms with Crippen LogP contribution in [0.1, 0.15) is 19.0 Å². The second kappa shape index (κ2) is 11.8. The summed E-state index contributed by atoms with van der Waals surface area (Å²) in [6.07, 6.45) is 2.02. The third kappa shape index (κ3) is 8.08. The van der Waals surface area contributed by atoms with E-state index in [1.807, 2.05) is 5.32 Å². The number of aromatic nitrogens is 2. The van der Waals surface area contributed by atoms with Gasteiger partial charge in [-0.25, -0.2) is 9.78 Å². The van der Waals surface area contributed by atoms with Crippen LogP contribution >= 0.6 is 12.6 Å². The van der Waals surface area contributed by atoms with Gasteiger partial charge in [-0.1, -0.05) is 0 Å². The minimum absolute atomic E-state index is 0.0158. The Morgan fingerprint density at radius 3 is 2.23 bits per heavy atom. The van der Waals surface area contributed by atoms with Crippen LogP contribution in [0, 0.1) is 0 Å². The second-order valence-electron chi connectivity index (χ2n) is 6.36. The first-order valence-electron chi connectivity index (χ1n) is 8.74. The summed E-state index contributed by atoms with van der Waals surface area (Å²) >= 11 is 3.93. The van der Waals surface area contributed by atoms with Gasteiger partial charge in [0.15, 0.2) is 0 Å². The van der Waals surface area contributed by atoms with Crippen molar-refractivity contribution in [3.63, 3.8) is 0 Å². The van der Waals surface area contributed by atoms with Gasteiger partial charge in [-0.05, 0) is 6.92 Å². The summed E-state index contributed by atoms with van der Waals surface area (Å²) in [6.45, 7) is 1.28. The Kier molecular flexibility index (Phi) is 9.77. The largest absolute Gasteiger partial charge is 0.481 e. The predicted molar refractivity (Wildman–Crippen MR) is 105 cm³/mol. The van der Waals surface area contributed by atoms with E-state index >= 15 is 0 Å². The summed E-state index contributed by atoms with van der Waals surface area (Å²) in [5.41, 5.74) is 6.13. The van der Waals surface area contributed by atoms with Crippen LogP contribution in [0.15, 0.2) is 12.5 Å². The topological polar surface area (TPSA) is 217 Å². The minimum Gasteiger partial charge on any atom is -0.481 e. The van der Waals surface area contributed by atoms with Gasteiger partial charge in [-0.2, -0.15) is 12.6 Å². The van der Waals surface area contributed by atoms with Crippen LogP contribution in [-0.2, 0) is 30.4 Å². The van der Waals surface area contributed by atoms with Gasteiger partial charge in [0.25, 0.3) is 0 Å². The van der Waals surface area contributed by atoms with Crippen LogP contribution in [0.5, 0.6) is 0 Å². The van der Waals surface area contributed by atoms with Crippen LogP contribution in [0.2, 0.25) is 0 Å². The SMILES string of the molecule is CC(NC(=O)C(Cc1cnc[nH]1)NC(=O)C(N)CS)C(=O)NC(CC(=O)O)C(=O)O. The fourth-order valence-corrected chi connectivity index (χ4v) is 2.40. The third-order valence-electron chi connectivity index (χ3n) is 3.89. The van der Waals surface area contributed by atoms with Crippen LogP contribution in [0.3, 0.4) is 0 Å². The van der Waals surface area contributed by atoms with E-state index in [1.54, 1.807) is 0 Å². The molecule has 1 aromatic heterocycles. The Morgan fingerprint density at radius 2 is 1.73 bits per heavy atom. The molecule has 0 aliphatic rings. The van der Waals surface area contributed by atoms with Crippen molar-refractivity contribution in [1.82, 2.24) is 25.9 Å². The lowest BCUT2D eigenvalue weighted by atomic mass is 10.1. The summed E-state index contributed by atoms with van der Waals surface area (Å²) in [6, 6.07) is -4.96. The zero-order valence-electron chi connectivity index (χ0n) is 16.0. The molecule has 30 heavy (non-hydrogen) atoms. The molecule has 0 radical (unpaired) electrons. The molecule has 0 aliphatic carbocycles. The number of hydrogen-bond acceptors (Lipinski definition) is 8. The zero-order valence-corrected chi connectivity index (χ0v) is 16.9. The number of nitrogens with two attached hydrogens (primary N) is 1. The molecule has 166 valence electrons. The van der Waals surface area contributed by atoms with Crippen molar-refractivity contribution >= 4 is 42.3 Å². The Balaban J connectivity index is 2.82. The Bertz CT molecular complexity index is 772. The fraction of sp³-hybridized carbons (Fsp3) is 0.500. The van der Waals surface area contributed by atoms with E-state index in [2.05, 4.69) is 33.2 Å². The van der Waals surface area contributed by atoms with Crippen molar-refractivity contribution in [1.29, 1.82) is 0 Å². The van der Waals surface area contributed by atoms with E-state index in [1.165, 1.54) is 19.4 Å². The first kappa shape index (κ1) is 24.9. The first-order chi connectivity index (χ1) is 14.0. The van der Waals surface area contributed by atoms with Crippen molar-refractivity contribution < 1.29 is 34.2 Å². The molecule has 3 amide bonds. The Hall–Kier alpha value is -3.13. The van der Waals surface area contributed by atoms with E-state index in [0.717, 1.165) is 0 Å². The molecule has 0 aliphatic heterocycles.